The number of halogens is 2. The SMILES string of the molecule is COc1nccc(I)c1C(=O)Cl. The second-order valence-electron chi connectivity index (χ2n) is 1.95. The summed E-state index contributed by atoms with van der Waals surface area (Å²) in [6.45, 7) is 0. The fraction of sp³-hybridized carbons (Fsp3) is 0.143. The van der Waals surface area contributed by atoms with E-state index in [-0.39, 0.29) is 5.88 Å². The maximum absolute atomic E-state index is 10.9. The van der Waals surface area contributed by atoms with Crippen molar-refractivity contribution in [2.45, 2.75) is 0 Å². The molecule has 0 unspecified atom stereocenters. The van der Waals surface area contributed by atoms with Gasteiger partial charge in [-0.05, 0) is 40.3 Å². The molecular weight excluding hydrogens is 292 g/mol. The van der Waals surface area contributed by atoms with Crippen LogP contribution in [0.1, 0.15) is 10.4 Å². The first-order valence-corrected chi connectivity index (χ1v) is 4.50. The number of aromatic nitrogens is 1. The molecule has 1 aromatic heterocycles. The third-order valence-corrected chi connectivity index (χ3v) is 2.34. The molecule has 3 nitrogen and oxygen atoms in total. The van der Waals surface area contributed by atoms with Gasteiger partial charge in [-0.2, -0.15) is 0 Å². The van der Waals surface area contributed by atoms with Crippen LogP contribution in [0.15, 0.2) is 12.3 Å². The Morgan fingerprint density at radius 2 is 2.42 bits per heavy atom. The van der Waals surface area contributed by atoms with E-state index in [2.05, 4.69) is 4.98 Å². The van der Waals surface area contributed by atoms with Gasteiger partial charge in [0.25, 0.3) is 5.24 Å². The summed E-state index contributed by atoms with van der Waals surface area (Å²) in [6, 6.07) is 1.69. The predicted octanol–water partition coefficient (Wildman–Crippen LogP) is 2.07. The third kappa shape index (κ3) is 1.87. The van der Waals surface area contributed by atoms with Gasteiger partial charge in [-0.15, -0.1) is 0 Å². The van der Waals surface area contributed by atoms with Crippen molar-refractivity contribution < 1.29 is 9.53 Å². The van der Waals surface area contributed by atoms with Crippen LogP contribution in [0, 0.1) is 3.57 Å². The van der Waals surface area contributed by atoms with Crippen LogP contribution >= 0.6 is 34.2 Å². The molecule has 0 aliphatic heterocycles. The van der Waals surface area contributed by atoms with E-state index in [0.717, 1.165) is 3.57 Å². The molecule has 1 aromatic rings. The van der Waals surface area contributed by atoms with Crippen LogP contribution in [-0.4, -0.2) is 17.3 Å². The first-order valence-electron chi connectivity index (χ1n) is 3.05. The summed E-state index contributed by atoms with van der Waals surface area (Å²) >= 11 is 7.33. The minimum absolute atomic E-state index is 0.266. The van der Waals surface area contributed by atoms with E-state index in [1.807, 2.05) is 22.6 Å². The van der Waals surface area contributed by atoms with Crippen LogP contribution < -0.4 is 4.74 Å². The topological polar surface area (TPSA) is 39.2 Å². The standard InChI is InChI=1S/C7H5ClINO2/c1-12-7-5(6(8)11)4(9)2-3-10-7/h2-3H,1H3. The molecular formula is C7H5ClINO2. The molecule has 0 aliphatic rings. The zero-order valence-electron chi connectivity index (χ0n) is 6.17. The molecule has 12 heavy (non-hydrogen) atoms. The van der Waals surface area contributed by atoms with E-state index < -0.39 is 5.24 Å². The summed E-state index contributed by atoms with van der Waals surface area (Å²) in [5.74, 6) is 0.266. The number of carbonyl (C=O) groups excluding carboxylic acids is 1. The highest BCUT2D eigenvalue weighted by Gasteiger charge is 2.14. The largest absolute Gasteiger partial charge is 0.480 e. The molecule has 1 rings (SSSR count). The van der Waals surface area contributed by atoms with Crippen molar-refractivity contribution in [3.63, 3.8) is 0 Å². The lowest BCUT2D eigenvalue weighted by Gasteiger charge is -2.03. The van der Waals surface area contributed by atoms with E-state index in [9.17, 15) is 4.79 Å². The number of nitrogens with zero attached hydrogens (tertiary/aromatic N) is 1. The molecule has 0 aromatic carbocycles. The second-order valence-corrected chi connectivity index (χ2v) is 3.46. The quantitative estimate of drug-likeness (QED) is 0.620. The van der Waals surface area contributed by atoms with E-state index >= 15 is 0 Å². The molecule has 0 fully saturated rings. The predicted molar refractivity (Wildman–Crippen MR) is 53.7 cm³/mol. The summed E-state index contributed by atoms with van der Waals surface area (Å²) in [5.41, 5.74) is 0.322. The highest BCUT2D eigenvalue weighted by Crippen LogP contribution is 2.22. The van der Waals surface area contributed by atoms with Gasteiger partial charge in [0, 0.05) is 9.77 Å². The van der Waals surface area contributed by atoms with Gasteiger partial charge in [-0.1, -0.05) is 0 Å². The van der Waals surface area contributed by atoms with Crippen molar-refractivity contribution >= 4 is 39.4 Å². The van der Waals surface area contributed by atoms with Crippen molar-refractivity contribution in [2.75, 3.05) is 7.11 Å². The van der Waals surface area contributed by atoms with Gasteiger partial charge in [-0.25, -0.2) is 4.98 Å². The molecule has 5 heteroatoms. The molecule has 0 radical (unpaired) electrons. The molecule has 0 atom stereocenters. The summed E-state index contributed by atoms with van der Waals surface area (Å²) in [4.78, 5) is 14.7. The van der Waals surface area contributed by atoms with Crippen LogP contribution in [0.4, 0.5) is 0 Å². The molecule has 0 amide bonds. The Labute approximate surface area is 88.2 Å². The number of ether oxygens (including phenoxy) is 1. The first kappa shape index (κ1) is 9.73. The Kier molecular flexibility index (Phi) is 3.28. The Morgan fingerprint density at radius 1 is 1.75 bits per heavy atom. The van der Waals surface area contributed by atoms with E-state index in [1.165, 1.54) is 7.11 Å². The van der Waals surface area contributed by atoms with E-state index in [4.69, 9.17) is 16.3 Å². The highest BCUT2D eigenvalue weighted by atomic mass is 127. The van der Waals surface area contributed by atoms with E-state index in [1.54, 1.807) is 12.3 Å². The van der Waals surface area contributed by atoms with Gasteiger partial charge < -0.3 is 4.74 Å². The van der Waals surface area contributed by atoms with Crippen LogP contribution in [-0.2, 0) is 0 Å². The Morgan fingerprint density at radius 3 is 2.83 bits per heavy atom. The molecule has 0 saturated carbocycles. The summed E-state index contributed by atoms with van der Waals surface area (Å²) in [6.07, 6.45) is 1.56. The van der Waals surface area contributed by atoms with Crippen molar-refractivity contribution in [1.82, 2.24) is 4.98 Å². The smallest absolute Gasteiger partial charge is 0.258 e. The molecule has 1 heterocycles. The molecule has 0 saturated heterocycles. The van der Waals surface area contributed by atoms with Gasteiger partial charge in [0.15, 0.2) is 0 Å². The van der Waals surface area contributed by atoms with Crippen LogP contribution in [0.2, 0.25) is 0 Å². The fourth-order valence-corrected chi connectivity index (χ4v) is 1.73. The van der Waals surface area contributed by atoms with Crippen LogP contribution in [0.5, 0.6) is 5.88 Å². The lowest BCUT2D eigenvalue weighted by Crippen LogP contribution is -2.00. The van der Waals surface area contributed by atoms with Crippen molar-refractivity contribution in [3.05, 3.63) is 21.4 Å². The average molecular weight is 297 g/mol. The zero-order valence-corrected chi connectivity index (χ0v) is 9.09. The Balaban J connectivity index is 3.29. The number of rotatable bonds is 2. The number of pyridine rings is 1. The molecule has 64 valence electrons. The Hall–Kier alpha value is -0.360. The second kappa shape index (κ2) is 4.04. The number of methoxy groups -OCH3 is 1. The monoisotopic (exact) mass is 297 g/mol. The van der Waals surface area contributed by atoms with Crippen LogP contribution in [0.25, 0.3) is 0 Å². The number of carbonyl (C=O) groups is 1. The normalized spacial score (nSPS) is 9.58. The maximum atomic E-state index is 10.9. The van der Waals surface area contributed by atoms with Crippen molar-refractivity contribution in [1.29, 1.82) is 0 Å². The van der Waals surface area contributed by atoms with Gasteiger partial charge in [-0.3, -0.25) is 4.79 Å². The van der Waals surface area contributed by atoms with Gasteiger partial charge >= 0.3 is 0 Å². The van der Waals surface area contributed by atoms with Gasteiger partial charge in [0.2, 0.25) is 5.88 Å². The van der Waals surface area contributed by atoms with Gasteiger partial charge in [0.1, 0.15) is 5.56 Å². The van der Waals surface area contributed by atoms with Crippen molar-refractivity contribution in [3.8, 4) is 5.88 Å². The summed E-state index contributed by atoms with van der Waals surface area (Å²) < 4.78 is 5.60. The third-order valence-electron chi connectivity index (χ3n) is 1.26. The molecule has 0 bridgehead atoms. The Bertz CT molecular complexity index is 316. The minimum atomic E-state index is -0.552. The number of hydrogen-bond donors (Lipinski definition) is 0. The van der Waals surface area contributed by atoms with E-state index in [0.29, 0.717) is 5.56 Å². The maximum Gasteiger partial charge on any atom is 0.258 e. The zero-order chi connectivity index (χ0) is 9.14. The first-order chi connectivity index (χ1) is 5.66. The summed E-state index contributed by atoms with van der Waals surface area (Å²) in [7, 11) is 1.45. The minimum Gasteiger partial charge on any atom is -0.480 e. The lowest BCUT2D eigenvalue weighted by atomic mass is 10.3. The van der Waals surface area contributed by atoms with Crippen molar-refractivity contribution in [2.24, 2.45) is 0 Å². The average Bonchev–Trinajstić information content (AvgIpc) is 2.03. The van der Waals surface area contributed by atoms with Crippen LogP contribution in [0.3, 0.4) is 0 Å². The number of hydrogen-bond acceptors (Lipinski definition) is 3. The molecule has 0 aliphatic carbocycles. The summed E-state index contributed by atoms with van der Waals surface area (Å²) in [5, 5.41) is -0.552. The molecule has 0 spiro atoms. The van der Waals surface area contributed by atoms with Gasteiger partial charge in [0.05, 0.1) is 7.11 Å². The fourth-order valence-electron chi connectivity index (χ4n) is 0.753. The lowest BCUT2D eigenvalue weighted by molar-refractivity contribution is 0.107. The molecule has 0 N–H and O–H groups in total. The highest BCUT2D eigenvalue weighted by molar-refractivity contribution is 14.1.